The summed E-state index contributed by atoms with van der Waals surface area (Å²) in [5.74, 6) is 0.841. The van der Waals surface area contributed by atoms with Crippen LogP contribution < -0.4 is 10.6 Å². The minimum absolute atomic E-state index is 0.349. The average molecular weight is 313 g/mol. The predicted octanol–water partition coefficient (Wildman–Crippen LogP) is 2.95. The van der Waals surface area contributed by atoms with Crippen LogP contribution in [0.2, 0.25) is 0 Å². The molecule has 124 valence electrons. The molecule has 2 N–H and O–H groups in total. The first-order valence-electron chi connectivity index (χ1n) is 8.18. The lowest BCUT2D eigenvalue weighted by atomic mass is 10.2. The first-order valence-corrected chi connectivity index (χ1v) is 8.18. The average Bonchev–Trinajstić information content (AvgIpc) is 2.80. The number of aliphatic imine (C=N–C) groups is 1. The summed E-state index contributed by atoms with van der Waals surface area (Å²) in [4.78, 5) is 4.69. The highest BCUT2D eigenvalue weighted by molar-refractivity contribution is 5.80. The Kier molecular flexibility index (Phi) is 5.79. The molecule has 0 aliphatic carbocycles. The summed E-state index contributed by atoms with van der Waals surface area (Å²) in [7, 11) is 0. The fourth-order valence-corrected chi connectivity index (χ4v) is 2.48. The molecule has 0 saturated heterocycles. The molecule has 0 spiro atoms. The maximum atomic E-state index is 4.69. The molecule has 0 bridgehead atoms. The third kappa shape index (κ3) is 4.34. The lowest BCUT2D eigenvalue weighted by Gasteiger charge is -2.14. The second-order valence-corrected chi connectivity index (χ2v) is 5.89. The number of para-hydroxylation sites is 1. The minimum atomic E-state index is 0.349. The van der Waals surface area contributed by atoms with Gasteiger partial charge in [0.2, 0.25) is 0 Å². The second kappa shape index (κ2) is 7.81. The van der Waals surface area contributed by atoms with Crippen LogP contribution in [-0.4, -0.2) is 28.3 Å². The summed E-state index contributed by atoms with van der Waals surface area (Å²) in [6.07, 6.45) is 0. The second-order valence-electron chi connectivity index (χ2n) is 5.89. The zero-order chi connectivity index (χ0) is 16.8. The van der Waals surface area contributed by atoms with E-state index in [2.05, 4.69) is 55.6 Å². The smallest absolute Gasteiger partial charge is 0.191 e. The van der Waals surface area contributed by atoms with E-state index in [0.29, 0.717) is 12.6 Å². The number of aryl methyl sites for hydroxylation is 1. The van der Waals surface area contributed by atoms with Crippen molar-refractivity contribution in [3.8, 4) is 5.69 Å². The van der Waals surface area contributed by atoms with Crippen LogP contribution in [0.1, 0.15) is 37.7 Å². The topological polar surface area (TPSA) is 54.2 Å². The van der Waals surface area contributed by atoms with Gasteiger partial charge in [0.1, 0.15) is 0 Å². The Morgan fingerprint density at radius 3 is 2.52 bits per heavy atom. The van der Waals surface area contributed by atoms with Crippen LogP contribution in [0.5, 0.6) is 0 Å². The van der Waals surface area contributed by atoms with Gasteiger partial charge in [-0.3, -0.25) is 0 Å². The molecule has 0 aliphatic rings. The first kappa shape index (κ1) is 17.1. The van der Waals surface area contributed by atoms with Crippen molar-refractivity contribution < 1.29 is 0 Å². The van der Waals surface area contributed by atoms with Crippen molar-refractivity contribution in [3.05, 3.63) is 47.3 Å². The van der Waals surface area contributed by atoms with Gasteiger partial charge in [0.25, 0.3) is 0 Å². The van der Waals surface area contributed by atoms with Gasteiger partial charge in [-0.05, 0) is 46.8 Å². The van der Waals surface area contributed by atoms with Gasteiger partial charge in [0.05, 0.1) is 17.9 Å². The molecule has 2 rings (SSSR count). The van der Waals surface area contributed by atoms with E-state index >= 15 is 0 Å². The number of nitrogens with zero attached hydrogens (tertiary/aromatic N) is 3. The van der Waals surface area contributed by atoms with E-state index in [4.69, 9.17) is 4.99 Å². The fourth-order valence-electron chi connectivity index (χ4n) is 2.48. The minimum Gasteiger partial charge on any atom is -0.357 e. The van der Waals surface area contributed by atoms with E-state index in [0.717, 1.165) is 29.6 Å². The molecule has 0 atom stereocenters. The molecule has 1 aromatic heterocycles. The summed E-state index contributed by atoms with van der Waals surface area (Å²) in [5.41, 5.74) is 4.42. The molecule has 1 heterocycles. The summed E-state index contributed by atoms with van der Waals surface area (Å²) in [6.45, 7) is 11.9. The van der Waals surface area contributed by atoms with Crippen molar-refractivity contribution >= 4 is 5.96 Å². The Morgan fingerprint density at radius 2 is 1.91 bits per heavy atom. The van der Waals surface area contributed by atoms with E-state index in [1.54, 1.807) is 0 Å². The molecule has 0 fully saturated rings. The van der Waals surface area contributed by atoms with Gasteiger partial charge in [-0.1, -0.05) is 18.2 Å². The highest BCUT2D eigenvalue weighted by atomic mass is 15.3. The van der Waals surface area contributed by atoms with Gasteiger partial charge in [0, 0.05) is 23.8 Å². The van der Waals surface area contributed by atoms with E-state index in [-0.39, 0.29) is 0 Å². The van der Waals surface area contributed by atoms with Gasteiger partial charge >= 0.3 is 0 Å². The van der Waals surface area contributed by atoms with E-state index in [1.165, 1.54) is 5.56 Å². The van der Waals surface area contributed by atoms with Crippen molar-refractivity contribution in [3.63, 3.8) is 0 Å². The Hall–Kier alpha value is -2.30. The maximum Gasteiger partial charge on any atom is 0.191 e. The van der Waals surface area contributed by atoms with Crippen LogP contribution in [0.3, 0.4) is 0 Å². The van der Waals surface area contributed by atoms with Gasteiger partial charge in [-0.25, -0.2) is 9.67 Å². The van der Waals surface area contributed by atoms with Crippen LogP contribution >= 0.6 is 0 Å². The number of benzene rings is 1. The molecule has 5 heteroatoms. The normalized spacial score (nSPS) is 11.8. The third-order valence-electron chi connectivity index (χ3n) is 3.61. The fraction of sp³-hybridized carbons (Fsp3) is 0.444. The van der Waals surface area contributed by atoms with Gasteiger partial charge in [0.15, 0.2) is 5.96 Å². The zero-order valence-electron chi connectivity index (χ0n) is 14.7. The zero-order valence-corrected chi connectivity index (χ0v) is 14.7. The molecule has 0 unspecified atom stereocenters. The summed E-state index contributed by atoms with van der Waals surface area (Å²) in [5, 5.41) is 11.3. The van der Waals surface area contributed by atoms with Gasteiger partial charge in [-0.15, -0.1) is 0 Å². The monoisotopic (exact) mass is 313 g/mol. The van der Waals surface area contributed by atoms with E-state index < -0.39 is 0 Å². The SMILES string of the molecule is CCNC(=NCc1c(C)nn(-c2ccccc2)c1C)NC(C)C. The molecular formula is C18H27N5. The number of guanidine groups is 1. The molecule has 23 heavy (non-hydrogen) atoms. The summed E-state index contributed by atoms with van der Waals surface area (Å²) >= 11 is 0. The van der Waals surface area contributed by atoms with Crippen LogP contribution in [0.25, 0.3) is 5.69 Å². The molecule has 1 aromatic carbocycles. The molecule has 0 saturated carbocycles. The van der Waals surface area contributed by atoms with Crippen LogP contribution in [0, 0.1) is 13.8 Å². The highest BCUT2D eigenvalue weighted by Gasteiger charge is 2.12. The molecular weight excluding hydrogens is 286 g/mol. The van der Waals surface area contributed by atoms with Gasteiger partial charge in [-0.2, -0.15) is 5.10 Å². The Bertz CT molecular complexity index is 656. The third-order valence-corrected chi connectivity index (χ3v) is 3.61. The van der Waals surface area contributed by atoms with Crippen LogP contribution in [-0.2, 0) is 6.54 Å². The molecule has 5 nitrogen and oxygen atoms in total. The molecule has 0 radical (unpaired) electrons. The van der Waals surface area contributed by atoms with Crippen LogP contribution in [0.15, 0.2) is 35.3 Å². The number of nitrogens with one attached hydrogen (secondary N) is 2. The largest absolute Gasteiger partial charge is 0.357 e. The molecule has 0 amide bonds. The lowest BCUT2D eigenvalue weighted by molar-refractivity contribution is 0.700. The number of hydrogen-bond donors (Lipinski definition) is 2. The first-order chi connectivity index (χ1) is 11.0. The highest BCUT2D eigenvalue weighted by Crippen LogP contribution is 2.18. The number of aromatic nitrogens is 2. The predicted molar refractivity (Wildman–Crippen MR) is 96.1 cm³/mol. The van der Waals surface area contributed by atoms with Crippen molar-refractivity contribution in [2.75, 3.05) is 6.54 Å². The lowest BCUT2D eigenvalue weighted by Crippen LogP contribution is -2.41. The van der Waals surface area contributed by atoms with Crippen molar-refractivity contribution in [1.82, 2.24) is 20.4 Å². The van der Waals surface area contributed by atoms with Gasteiger partial charge < -0.3 is 10.6 Å². The van der Waals surface area contributed by atoms with Crippen molar-refractivity contribution in [1.29, 1.82) is 0 Å². The Labute approximate surface area is 138 Å². The Balaban J connectivity index is 2.25. The molecule has 0 aliphatic heterocycles. The standard InChI is InChI=1S/C18H27N5/c1-6-19-18(21-13(2)3)20-12-17-14(4)22-23(15(17)5)16-10-8-7-9-11-16/h7-11,13H,6,12H2,1-5H3,(H2,19,20,21). The van der Waals surface area contributed by atoms with Crippen molar-refractivity contribution in [2.24, 2.45) is 4.99 Å². The summed E-state index contributed by atoms with van der Waals surface area (Å²) < 4.78 is 1.99. The number of hydrogen-bond acceptors (Lipinski definition) is 2. The summed E-state index contributed by atoms with van der Waals surface area (Å²) in [6, 6.07) is 10.6. The van der Waals surface area contributed by atoms with E-state index in [9.17, 15) is 0 Å². The van der Waals surface area contributed by atoms with E-state index in [1.807, 2.05) is 29.8 Å². The number of rotatable bonds is 5. The van der Waals surface area contributed by atoms with Crippen molar-refractivity contribution in [2.45, 2.75) is 47.2 Å². The Morgan fingerprint density at radius 1 is 1.22 bits per heavy atom. The maximum absolute atomic E-state index is 4.69. The van der Waals surface area contributed by atoms with Crippen LogP contribution in [0.4, 0.5) is 0 Å². The quantitative estimate of drug-likeness (QED) is 0.659. The molecule has 2 aromatic rings.